The van der Waals surface area contributed by atoms with Crippen molar-refractivity contribution in [3.05, 3.63) is 51.6 Å². The molecule has 1 aromatic heterocycles. The molecule has 18 heavy (non-hydrogen) atoms. The fourth-order valence-corrected chi connectivity index (χ4v) is 1.78. The maximum Gasteiger partial charge on any atom is 0.224 e. The standard InChI is InChI=1S/C13H12Cl2N2O/c1-8-2-3-9(7-16)13(17-8)18-12-6-10(14)4-5-11(12)15/h2-6H,7,16H2,1H3. The first-order chi connectivity index (χ1) is 8.60. The van der Waals surface area contributed by atoms with E-state index in [9.17, 15) is 0 Å². The van der Waals surface area contributed by atoms with Gasteiger partial charge in [0.15, 0.2) is 0 Å². The van der Waals surface area contributed by atoms with Gasteiger partial charge in [0.2, 0.25) is 5.88 Å². The molecular weight excluding hydrogens is 271 g/mol. The first kappa shape index (κ1) is 13.1. The molecule has 0 radical (unpaired) electrons. The Bertz CT molecular complexity index is 573. The molecule has 1 heterocycles. The summed E-state index contributed by atoms with van der Waals surface area (Å²) < 4.78 is 5.69. The molecule has 0 bridgehead atoms. The summed E-state index contributed by atoms with van der Waals surface area (Å²) in [5, 5.41) is 1.03. The molecule has 0 atom stereocenters. The number of ether oxygens (including phenoxy) is 1. The molecule has 0 unspecified atom stereocenters. The lowest BCUT2D eigenvalue weighted by Gasteiger charge is -2.11. The average molecular weight is 283 g/mol. The molecule has 0 fully saturated rings. The van der Waals surface area contributed by atoms with Gasteiger partial charge >= 0.3 is 0 Å². The van der Waals surface area contributed by atoms with Crippen LogP contribution >= 0.6 is 23.2 Å². The van der Waals surface area contributed by atoms with Crippen LogP contribution in [0.15, 0.2) is 30.3 Å². The lowest BCUT2D eigenvalue weighted by Crippen LogP contribution is -2.02. The smallest absolute Gasteiger partial charge is 0.224 e. The summed E-state index contributed by atoms with van der Waals surface area (Å²) in [6, 6.07) is 8.79. The van der Waals surface area contributed by atoms with Crippen molar-refractivity contribution in [1.82, 2.24) is 4.98 Å². The Morgan fingerprint density at radius 2 is 2.00 bits per heavy atom. The number of hydrogen-bond acceptors (Lipinski definition) is 3. The number of hydrogen-bond donors (Lipinski definition) is 1. The minimum Gasteiger partial charge on any atom is -0.437 e. The molecule has 3 nitrogen and oxygen atoms in total. The SMILES string of the molecule is Cc1ccc(CN)c(Oc2cc(Cl)ccc2Cl)n1. The van der Waals surface area contributed by atoms with Crippen LogP contribution in [0.1, 0.15) is 11.3 Å². The van der Waals surface area contributed by atoms with Crippen molar-refractivity contribution < 1.29 is 4.74 Å². The Kier molecular flexibility index (Phi) is 4.07. The van der Waals surface area contributed by atoms with Crippen LogP contribution in [0.2, 0.25) is 10.0 Å². The van der Waals surface area contributed by atoms with E-state index in [0.29, 0.717) is 28.2 Å². The average Bonchev–Trinajstić information content (AvgIpc) is 2.34. The quantitative estimate of drug-likeness (QED) is 0.927. The van der Waals surface area contributed by atoms with E-state index >= 15 is 0 Å². The van der Waals surface area contributed by atoms with Crippen molar-refractivity contribution >= 4 is 23.2 Å². The van der Waals surface area contributed by atoms with Gasteiger partial charge in [-0.25, -0.2) is 4.98 Å². The monoisotopic (exact) mass is 282 g/mol. The van der Waals surface area contributed by atoms with Gasteiger partial charge in [0.1, 0.15) is 5.75 Å². The minimum atomic E-state index is 0.348. The van der Waals surface area contributed by atoms with E-state index in [2.05, 4.69) is 4.98 Å². The Morgan fingerprint density at radius 3 is 2.72 bits per heavy atom. The van der Waals surface area contributed by atoms with Crippen molar-refractivity contribution in [2.24, 2.45) is 5.73 Å². The highest BCUT2D eigenvalue weighted by atomic mass is 35.5. The van der Waals surface area contributed by atoms with Gasteiger partial charge in [0.05, 0.1) is 5.02 Å². The second-order valence-electron chi connectivity index (χ2n) is 3.80. The zero-order chi connectivity index (χ0) is 13.1. The van der Waals surface area contributed by atoms with Crippen LogP contribution in [-0.2, 0) is 6.54 Å². The molecule has 1 aromatic carbocycles. The van der Waals surface area contributed by atoms with Gasteiger partial charge in [-0.05, 0) is 25.1 Å². The first-order valence-electron chi connectivity index (χ1n) is 5.39. The molecule has 2 aromatic rings. The molecular formula is C13H12Cl2N2O. The number of halogens is 2. The van der Waals surface area contributed by atoms with Crippen molar-refractivity contribution in [2.75, 3.05) is 0 Å². The minimum absolute atomic E-state index is 0.348. The third kappa shape index (κ3) is 2.93. The second kappa shape index (κ2) is 5.57. The summed E-state index contributed by atoms with van der Waals surface area (Å²) in [6.07, 6.45) is 0. The first-order valence-corrected chi connectivity index (χ1v) is 6.15. The number of rotatable bonds is 3. The second-order valence-corrected chi connectivity index (χ2v) is 4.64. The van der Waals surface area contributed by atoms with E-state index in [1.165, 1.54) is 0 Å². The van der Waals surface area contributed by atoms with Gasteiger partial charge in [-0.2, -0.15) is 0 Å². The highest BCUT2D eigenvalue weighted by molar-refractivity contribution is 6.34. The molecule has 0 aliphatic heterocycles. The lowest BCUT2D eigenvalue weighted by molar-refractivity contribution is 0.455. The van der Waals surface area contributed by atoms with Gasteiger partial charge in [-0.3, -0.25) is 0 Å². The van der Waals surface area contributed by atoms with Crippen LogP contribution in [-0.4, -0.2) is 4.98 Å². The van der Waals surface area contributed by atoms with Crippen molar-refractivity contribution in [2.45, 2.75) is 13.5 Å². The predicted molar refractivity (Wildman–Crippen MR) is 73.4 cm³/mol. The summed E-state index contributed by atoms with van der Waals surface area (Å²) in [7, 11) is 0. The fraction of sp³-hybridized carbons (Fsp3) is 0.154. The van der Waals surface area contributed by atoms with Crippen LogP contribution in [0.25, 0.3) is 0 Å². The molecule has 94 valence electrons. The van der Waals surface area contributed by atoms with Gasteiger partial charge in [0.25, 0.3) is 0 Å². The van der Waals surface area contributed by atoms with Crippen LogP contribution in [0.4, 0.5) is 0 Å². The zero-order valence-corrected chi connectivity index (χ0v) is 11.3. The van der Waals surface area contributed by atoms with E-state index in [1.54, 1.807) is 18.2 Å². The topological polar surface area (TPSA) is 48.1 Å². The van der Waals surface area contributed by atoms with E-state index in [4.69, 9.17) is 33.7 Å². The Hall–Kier alpha value is -1.29. The maximum absolute atomic E-state index is 6.04. The van der Waals surface area contributed by atoms with Gasteiger partial charge in [-0.1, -0.05) is 29.3 Å². The number of nitrogens with two attached hydrogens (primary N) is 1. The maximum atomic E-state index is 6.04. The molecule has 0 saturated heterocycles. The van der Waals surface area contributed by atoms with Crippen LogP contribution in [0.5, 0.6) is 11.6 Å². The lowest BCUT2D eigenvalue weighted by atomic mass is 10.2. The Labute approximate surface area is 115 Å². The van der Waals surface area contributed by atoms with Crippen LogP contribution < -0.4 is 10.5 Å². The molecule has 0 amide bonds. The third-order valence-electron chi connectivity index (χ3n) is 2.40. The summed E-state index contributed by atoms with van der Waals surface area (Å²) in [6.45, 7) is 2.23. The molecule has 2 rings (SSSR count). The molecule has 0 spiro atoms. The zero-order valence-electron chi connectivity index (χ0n) is 9.78. The number of pyridine rings is 1. The summed E-state index contributed by atoms with van der Waals surface area (Å²) in [5.41, 5.74) is 7.31. The summed E-state index contributed by atoms with van der Waals surface area (Å²) >= 11 is 11.9. The molecule has 5 heteroatoms. The summed E-state index contributed by atoms with van der Waals surface area (Å²) in [4.78, 5) is 4.31. The van der Waals surface area contributed by atoms with Crippen LogP contribution in [0.3, 0.4) is 0 Å². The number of nitrogens with zero attached hydrogens (tertiary/aromatic N) is 1. The highest BCUT2D eigenvalue weighted by Crippen LogP contribution is 2.32. The predicted octanol–water partition coefficient (Wildman–Crippen LogP) is 3.95. The third-order valence-corrected chi connectivity index (χ3v) is 2.95. The van der Waals surface area contributed by atoms with Crippen LogP contribution in [0, 0.1) is 6.92 Å². The number of benzene rings is 1. The Balaban J connectivity index is 2.38. The number of aryl methyl sites for hydroxylation is 1. The Morgan fingerprint density at radius 1 is 1.22 bits per heavy atom. The van der Waals surface area contributed by atoms with Gasteiger partial charge in [-0.15, -0.1) is 0 Å². The van der Waals surface area contributed by atoms with E-state index in [0.717, 1.165) is 11.3 Å². The van der Waals surface area contributed by atoms with E-state index < -0.39 is 0 Å². The van der Waals surface area contributed by atoms with Crippen molar-refractivity contribution in [3.63, 3.8) is 0 Å². The highest BCUT2D eigenvalue weighted by Gasteiger charge is 2.09. The molecule has 0 aliphatic carbocycles. The van der Waals surface area contributed by atoms with E-state index in [-0.39, 0.29) is 0 Å². The van der Waals surface area contributed by atoms with E-state index in [1.807, 2.05) is 19.1 Å². The van der Waals surface area contributed by atoms with Crippen molar-refractivity contribution in [1.29, 1.82) is 0 Å². The summed E-state index contributed by atoms with van der Waals surface area (Å²) in [5.74, 6) is 0.929. The normalized spacial score (nSPS) is 10.4. The molecule has 0 saturated carbocycles. The molecule has 2 N–H and O–H groups in total. The van der Waals surface area contributed by atoms with Crippen molar-refractivity contribution in [3.8, 4) is 11.6 Å². The number of aromatic nitrogens is 1. The molecule has 0 aliphatic rings. The van der Waals surface area contributed by atoms with Gasteiger partial charge in [0, 0.05) is 28.9 Å². The van der Waals surface area contributed by atoms with Gasteiger partial charge < -0.3 is 10.5 Å². The fourth-order valence-electron chi connectivity index (χ4n) is 1.47. The largest absolute Gasteiger partial charge is 0.437 e.